The molecule has 0 bridgehead atoms. The minimum absolute atomic E-state index is 0.616. The molecule has 0 heterocycles. The predicted octanol–water partition coefficient (Wildman–Crippen LogP) is 3.75. The number of nitrogens with zero attached hydrogens (tertiary/aromatic N) is 1. The van der Waals surface area contributed by atoms with E-state index in [4.69, 9.17) is 14.7 Å². The van der Waals surface area contributed by atoms with E-state index < -0.39 is 0 Å². The van der Waals surface area contributed by atoms with Crippen molar-refractivity contribution >= 4 is 0 Å². The summed E-state index contributed by atoms with van der Waals surface area (Å²) in [6.45, 7) is 2.56. The molecule has 0 saturated carbocycles. The molecule has 0 aliphatic heterocycles. The molecule has 0 saturated heterocycles. The molecule has 0 aliphatic carbocycles. The molecule has 0 atom stereocenters. The van der Waals surface area contributed by atoms with E-state index in [0.29, 0.717) is 23.7 Å². The molecule has 2 rings (SSSR count). The summed E-state index contributed by atoms with van der Waals surface area (Å²) < 4.78 is 11.1. The van der Waals surface area contributed by atoms with Gasteiger partial charge in [-0.1, -0.05) is 6.07 Å². The molecule has 0 unspecified atom stereocenters. The van der Waals surface area contributed by atoms with E-state index >= 15 is 0 Å². The van der Waals surface area contributed by atoms with E-state index in [1.54, 1.807) is 24.3 Å². The van der Waals surface area contributed by atoms with Crippen molar-refractivity contribution in [3.63, 3.8) is 0 Å². The first-order valence-electron chi connectivity index (χ1n) is 5.72. The first-order chi connectivity index (χ1) is 8.81. The van der Waals surface area contributed by atoms with Crippen LogP contribution in [0.4, 0.5) is 0 Å². The summed E-state index contributed by atoms with van der Waals surface area (Å²) >= 11 is 0. The molecule has 2 aromatic rings. The SMILES string of the molecule is CCOc1cccc(Oc2ccc(C#N)cc2)c1. The second-order valence-corrected chi connectivity index (χ2v) is 3.65. The monoisotopic (exact) mass is 239 g/mol. The highest BCUT2D eigenvalue weighted by atomic mass is 16.5. The highest BCUT2D eigenvalue weighted by Gasteiger charge is 1.99. The molecule has 3 heteroatoms. The fourth-order valence-corrected chi connectivity index (χ4v) is 1.53. The highest BCUT2D eigenvalue weighted by Crippen LogP contribution is 2.25. The lowest BCUT2D eigenvalue weighted by Gasteiger charge is -2.08. The molecule has 0 amide bonds. The number of nitriles is 1. The van der Waals surface area contributed by atoms with Crippen LogP contribution >= 0.6 is 0 Å². The van der Waals surface area contributed by atoms with Crippen molar-refractivity contribution in [2.45, 2.75) is 6.92 Å². The minimum atomic E-state index is 0.616. The lowest BCUT2D eigenvalue weighted by atomic mass is 10.2. The molecule has 2 aromatic carbocycles. The quantitative estimate of drug-likeness (QED) is 0.816. The molecule has 0 aliphatic rings. The van der Waals surface area contributed by atoms with Crippen LogP contribution in [0, 0.1) is 11.3 Å². The molecule has 0 radical (unpaired) electrons. The van der Waals surface area contributed by atoms with Crippen molar-refractivity contribution in [2.75, 3.05) is 6.61 Å². The summed E-state index contributed by atoms with van der Waals surface area (Å²) in [4.78, 5) is 0. The Bertz CT molecular complexity index is 555. The van der Waals surface area contributed by atoms with Gasteiger partial charge in [-0.2, -0.15) is 5.26 Å². The van der Waals surface area contributed by atoms with Crippen LogP contribution in [0.3, 0.4) is 0 Å². The Kier molecular flexibility index (Phi) is 3.83. The smallest absolute Gasteiger partial charge is 0.131 e. The largest absolute Gasteiger partial charge is 0.494 e. The normalized spacial score (nSPS) is 9.56. The van der Waals surface area contributed by atoms with Gasteiger partial charge >= 0.3 is 0 Å². The first kappa shape index (κ1) is 12.0. The number of hydrogen-bond donors (Lipinski definition) is 0. The molecule has 0 fully saturated rings. The molecule has 3 nitrogen and oxygen atoms in total. The summed E-state index contributed by atoms with van der Waals surface area (Å²) in [7, 11) is 0. The van der Waals surface area contributed by atoms with Crippen molar-refractivity contribution in [3.8, 4) is 23.3 Å². The summed E-state index contributed by atoms with van der Waals surface area (Å²) in [5.41, 5.74) is 0.616. The Labute approximate surface area is 106 Å². The van der Waals surface area contributed by atoms with E-state index in [0.717, 1.165) is 5.75 Å². The second kappa shape index (κ2) is 5.74. The average molecular weight is 239 g/mol. The van der Waals surface area contributed by atoms with Crippen molar-refractivity contribution < 1.29 is 9.47 Å². The Hall–Kier alpha value is -2.47. The third kappa shape index (κ3) is 3.02. The van der Waals surface area contributed by atoms with Gasteiger partial charge in [-0.15, -0.1) is 0 Å². The minimum Gasteiger partial charge on any atom is -0.494 e. The van der Waals surface area contributed by atoms with Gasteiger partial charge < -0.3 is 9.47 Å². The van der Waals surface area contributed by atoms with Gasteiger partial charge in [-0.25, -0.2) is 0 Å². The van der Waals surface area contributed by atoms with Crippen molar-refractivity contribution in [2.24, 2.45) is 0 Å². The first-order valence-corrected chi connectivity index (χ1v) is 5.72. The van der Waals surface area contributed by atoms with Crippen LogP contribution in [-0.4, -0.2) is 6.61 Å². The van der Waals surface area contributed by atoms with Gasteiger partial charge in [-0.3, -0.25) is 0 Å². The number of ether oxygens (including phenoxy) is 2. The van der Waals surface area contributed by atoms with E-state index in [2.05, 4.69) is 6.07 Å². The van der Waals surface area contributed by atoms with E-state index in [-0.39, 0.29) is 0 Å². The number of benzene rings is 2. The van der Waals surface area contributed by atoms with Crippen LogP contribution < -0.4 is 9.47 Å². The molecular formula is C15H13NO2. The van der Waals surface area contributed by atoms with Gasteiger partial charge in [0.2, 0.25) is 0 Å². The van der Waals surface area contributed by atoms with Crippen LogP contribution in [0.15, 0.2) is 48.5 Å². The number of rotatable bonds is 4. The van der Waals surface area contributed by atoms with Gasteiger partial charge in [0.15, 0.2) is 0 Å². The van der Waals surface area contributed by atoms with Crippen LogP contribution in [0.1, 0.15) is 12.5 Å². The van der Waals surface area contributed by atoms with Crippen LogP contribution in [-0.2, 0) is 0 Å². The van der Waals surface area contributed by atoms with Gasteiger partial charge in [0, 0.05) is 6.07 Å². The van der Waals surface area contributed by atoms with Crippen LogP contribution in [0.2, 0.25) is 0 Å². The van der Waals surface area contributed by atoms with Crippen LogP contribution in [0.5, 0.6) is 17.2 Å². The van der Waals surface area contributed by atoms with Crippen molar-refractivity contribution in [1.82, 2.24) is 0 Å². The van der Waals surface area contributed by atoms with E-state index in [9.17, 15) is 0 Å². The molecular weight excluding hydrogens is 226 g/mol. The molecule has 90 valence electrons. The van der Waals surface area contributed by atoms with Gasteiger partial charge in [0.05, 0.1) is 18.2 Å². The summed E-state index contributed by atoms with van der Waals surface area (Å²) in [5.74, 6) is 2.19. The predicted molar refractivity (Wildman–Crippen MR) is 68.8 cm³/mol. The molecule has 0 spiro atoms. The third-order valence-corrected chi connectivity index (χ3v) is 2.34. The molecule has 18 heavy (non-hydrogen) atoms. The van der Waals surface area contributed by atoms with Crippen LogP contribution in [0.25, 0.3) is 0 Å². The summed E-state index contributed by atoms with van der Waals surface area (Å²) in [6.07, 6.45) is 0. The van der Waals surface area contributed by atoms with E-state index in [1.165, 1.54) is 0 Å². The lowest BCUT2D eigenvalue weighted by Crippen LogP contribution is -1.91. The van der Waals surface area contributed by atoms with Gasteiger partial charge in [-0.05, 0) is 43.3 Å². The van der Waals surface area contributed by atoms with Gasteiger partial charge in [0.25, 0.3) is 0 Å². The molecule has 0 aromatic heterocycles. The van der Waals surface area contributed by atoms with Crippen molar-refractivity contribution in [3.05, 3.63) is 54.1 Å². The van der Waals surface area contributed by atoms with Gasteiger partial charge in [0.1, 0.15) is 17.2 Å². The lowest BCUT2D eigenvalue weighted by molar-refractivity contribution is 0.338. The molecule has 0 N–H and O–H groups in total. The average Bonchev–Trinajstić information content (AvgIpc) is 2.40. The Morgan fingerprint density at radius 1 is 1.00 bits per heavy atom. The summed E-state index contributed by atoms with van der Waals surface area (Å²) in [6, 6.07) is 16.5. The zero-order valence-corrected chi connectivity index (χ0v) is 10.1. The number of hydrogen-bond acceptors (Lipinski definition) is 3. The van der Waals surface area contributed by atoms with E-state index in [1.807, 2.05) is 31.2 Å². The Morgan fingerprint density at radius 2 is 1.72 bits per heavy atom. The summed E-state index contributed by atoms with van der Waals surface area (Å²) in [5, 5.41) is 8.71. The Balaban J connectivity index is 2.12. The zero-order chi connectivity index (χ0) is 12.8. The maximum atomic E-state index is 8.71. The third-order valence-electron chi connectivity index (χ3n) is 2.34. The maximum Gasteiger partial charge on any atom is 0.131 e. The fraction of sp³-hybridized carbons (Fsp3) is 0.133. The van der Waals surface area contributed by atoms with Crippen molar-refractivity contribution in [1.29, 1.82) is 5.26 Å². The maximum absolute atomic E-state index is 8.71. The fourth-order valence-electron chi connectivity index (χ4n) is 1.53. The highest BCUT2D eigenvalue weighted by molar-refractivity contribution is 5.39. The zero-order valence-electron chi connectivity index (χ0n) is 10.1. The Morgan fingerprint density at radius 3 is 2.39 bits per heavy atom. The standard InChI is InChI=1S/C15H13NO2/c1-2-17-14-4-3-5-15(10-14)18-13-8-6-12(11-16)7-9-13/h3-10H,2H2,1H3. The topological polar surface area (TPSA) is 42.2 Å². The second-order valence-electron chi connectivity index (χ2n) is 3.65.